The summed E-state index contributed by atoms with van der Waals surface area (Å²) in [5, 5.41) is -0.509. The van der Waals surface area contributed by atoms with Gasteiger partial charge in [0.25, 0.3) is 0 Å². The van der Waals surface area contributed by atoms with Gasteiger partial charge < -0.3 is 15.4 Å². The molecule has 2 rings (SSSR count). The van der Waals surface area contributed by atoms with Crippen molar-refractivity contribution in [3.63, 3.8) is 0 Å². The minimum Gasteiger partial charge on any atom is -0.480 e. The first-order valence-electron chi connectivity index (χ1n) is 8.71. The summed E-state index contributed by atoms with van der Waals surface area (Å²) in [5.41, 5.74) is 6.71. The van der Waals surface area contributed by atoms with E-state index in [9.17, 15) is 9.46 Å². The average molecular weight is 339 g/mol. The lowest BCUT2D eigenvalue weighted by Crippen LogP contribution is -2.34. The van der Waals surface area contributed by atoms with E-state index in [0.29, 0.717) is 18.7 Å². The van der Waals surface area contributed by atoms with Crippen LogP contribution in [-0.2, 0) is 11.0 Å². The molecular formula is C18H30NO3P. The highest BCUT2D eigenvalue weighted by molar-refractivity contribution is 7.60. The van der Waals surface area contributed by atoms with Crippen LogP contribution in [0.4, 0.5) is 0 Å². The molecular weight excluding hydrogens is 309 g/mol. The van der Waals surface area contributed by atoms with Gasteiger partial charge in [0, 0.05) is 5.16 Å². The van der Waals surface area contributed by atoms with Crippen molar-refractivity contribution < 1.29 is 14.2 Å². The van der Waals surface area contributed by atoms with Crippen molar-refractivity contribution in [2.24, 2.45) is 5.73 Å². The maximum Gasteiger partial charge on any atom is 0.245 e. The zero-order valence-corrected chi connectivity index (χ0v) is 15.2. The van der Waals surface area contributed by atoms with Crippen LogP contribution in [0.5, 0.6) is 5.75 Å². The van der Waals surface area contributed by atoms with Gasteiger partial charge in [-0.1, -0.05) is 45.2 Å². The highest BCUT2D eigenvalue weighted by Gasteiger charge is 2.49. The number of ether oxygens (including phenoxy) is 1. The molecule has 0 aromatic heterocycles. The smallest absolute Gasteiger partial charge is 0.245 e. The van der Waals surface area contributed by atoms with Crippen LogP contribution in [0.2, 0.25) is 0 Å². The normalized spacial score (nSPS) is 21.4. The van der Waals surface area contributed by atoms with Gasteiger partial charge >= 0.3 is 0 Å². The third kappa shape index (κ3) is 4.17. The van der Waals surface area contributed by atoms with Crippen molar-refractivity contribution in [3.8, 4) is 5.75 Å². The van der Waals surface area contributed by atoms with Crippen LogP contribution in [0.25, 0.3) is 0 Å². The van der Waals surface area contributed by atoms with Gasteiger partial charge in [0.05, 0.1) is 0 Å². The van der Waals surface area contributed by atoms with Crippen LogP contribution in [-0.4, -0.2) is 22.4 Å². The summed E-state index contributed by atoms with van der Waals surface area (Å²) in [5.74, 6) is 0.0252. The van der Waals surface area contributed by atoms with Gasteiger partial charge in [0.2, 0.25) is 7.37 Å². The topological polar surface area (TPSA) is 72.5 Å². The molecule has 1 aromatic carbocycles. The second kappa shape index (κ2) is 7.83. The molecule has 4 nitrogen and oxygen atoms in total. The molecule has 0 bridgehead atoms. The van der Waals surface area contributed by atoms with Crippen molar-refractivity contribution >= 4 is 7.37 Å². The molecule has 2 unspecified atom stereocenters. The monoisotopic (exact) mass is 339 g/mol. The minimum absolute atomic E-state index is 0.509. The van der Waals surface area contributed by atoms with E-state index in [0.717, 1.165) is 44.1 Å². The maximum atomic E-state index is 13.2. The van der Waals surface area contributed by atoms with E-state index in [2.05, 4.69) is 0 Å². The Balaban J connectivity index is 2.13. The van der Waals surface area contributed by atoms with Crippen molar-refractivity contribution in [1.82, 2.24) is 0 Å². The Morgan fingerprint density at radius 3 is 2.39 bits per heavy atom. The van der Waals surface area contributed by atoms with Crippen LogP contribution >= 0.6 is 7.37 Å². The lowest BCUT2D eigenvalue weighted by molar-refractivity contribution is 0.231. The highest BCUT2D eigenvalue weighted by atomic mass is 31.2. The second-order valence-electron chi connectivity index (χ2n) is 6.84. The molecule has 5 heteroatoms. The molecule has 1 saturated carbocycles. The highest BCUT2D eigenvalue weighted by Crippen LogP contribution is 2.64. The van der Waals surface area contributed by atoms with Crippen molar-refractivity contribution in [1.29, 1.82) is 0 Å². The summed E-state index contributed by atoms with van der Waals surface area (Å²) in [7, 11) is -3.42. The zero-order chi connectivity index (χ0) is 16.9. The summed E-state index contributed by atoms with van der Waals surface area (Å²) >= 11 is 0. The Hall–Kier alpha value is -0.830. The molecule has 0 aliphatic heterocycles. The van der Waals surface area contributed by atoms with E-state index in [1.165, 1.54) is 0 Å². The van der Waals surface area contributed by atoms with E-state index < -0.39 is 18.4 Å². The molecule has 3 N–H and O–H groups in total. The molecule has 23 heavy (non-hydrogen) atoms. The average Bonchev–Trinajstić information content (AvgIpc) is 2.55. The Labute approximate surface area is 139 Å². The molecule has 130 valence electrons. The fraction of sp³-hybridized carbons (Fsp3) is 0.667. The third-order valence-electron chi connectivity index (χ3n) is 5.07. The molecule has 0 spiro atoms. The molecule has 0 heterocycles. The first-order chi connectivity index (χ1) is 10.9. The quantitative estimate of drug-likeness (QED) is 0.727. The van der Waals surface area contributed by atoms with E-state index in [-0.39, 0.29) is 0 Å². The predicted molar refractivity (Wildman–Crippen MR) is 95.2 cm³/mol. The van der Waals surface area contributed by atoms with Crippen LogP contribution < -0.4 is 10.5 Å². The summed E-state index contributed by atoms with van der Waals surface area (Å²) in [6.45, 7) is 4.49. The Kier molecular flexibility index (Phi) is 6.30. The van der Waals surface area contributed by atoms with Crippen LogP contribution in [0, 0.1) is 0 Å². The summed E-state index contributed by atoms with van der Waals surface area (Å²) in [6.07, 6.45) is 6.22. The van der Waals surface area contributed by atoms with Gasteiger partial charge in [0.1, 0.15) is 5.75 Å². The summed E-state index contributed by atoms with van der Waals surface area (Å²) in [6, 6.07) is 7.69. The molecule has 2 atom stereocenters. The molecule has 1 aliphatic rings. The lowest BCUT2D eigenvalue weighted by Gasteiger charge is -2.40. The predicted octanol–water partition coefficient (Wildman–Crippen LogP) is 4.30. The largest absolute Gasteiger partial charge is 0.480 e. The number of nitrogens with two attached hydrogens (primary N) is 1. The van der Waals surface area contributed by atoms with Gasteiger partial charge in [-0.05, 0) is 49.9 Å². The summed E-state index contributed by atoms with van der Waals surface area (Å²) in [4.78, 5) is 10.9. The van der Waals surface area contributed by atoms with E-state index in [4.69, 9.17) is 10.5 Å². The standard InChI is InChI=1S/C18H30NO3P/c1-3-17(22-16-9-7-15(8-10-16)11-14-19)23(20,21)18(2)12-5-4-6-13-18/h7-10,17H,3-6,11-14,19H2,1-2H3,(H,20,21). The van der Waals surface area contributed by atoms with E-state index >= 15 is 0 Å². The van der Waals surface area contributed by atoms with Gasteiger partial charge in [-0.15, -0.1) is 0 Å². The molecule has 0 radical (unpaired) electrons. The molecule has 0 saturated heterocycles. The van der Waals surface area contributed by atoms with E-state index in [1.807, 2.05) is 38.1 Å². The third-order valence-corrected chi connectivity index (χ3v) is 8.32. The molecule has 1 aromatic rings. The van der Waals surface area contributed by atoms with E-state index in [1.54, 1.807) is 0 Å². The van der Waals surface area contributed by atoms with Crippen LogP contribution in [0.1, 0.15) is 57.9 Å². The first-order valence-corrected chi connectivity index (χ1v) is 10.4. The summed E-state index contributed by atoms with van der Waals surface area (Å²) < 4.78 is 19.1. The fourth-order valence-electron chi connectivity index (χ4n) is 3.44. The van der Waals surface area contributed by atoms with Gasteiger partial charge in [-0.25, -0.2) is 0 Å². The number of benzene rings is 1. The number of hydrogen-bond donors (Lipinski definition) is 2. The minimum atomic E-state index is -3.42. The SMILES string of the molecule is CCC(Oc1ccc(CCN)cc1)P(=O)(O)C1(C)CCCCC1. The van der Waals surface area contributed by atoms with Crippen molar-refractivity contribution in [2.45, 2.75) is 69.8 Å². The van der Waals surface area contributed by atoms with Crippen molar-refractivity contribution in [2.75, 3.05) is 6.54 Å². The fourth-order valence-corrected chi connectivity index (χ4v) is 5.85. The van der Waals surface area contributed by atoms with Crippen molar-refractivity contribution in [3.05, 3.63) is 29.8 Å². The lowest BCUT2D eigenvalue weighted by atomic mass is 9.90. The number of hydrogen-bond acceptors (Lipinski definition) is 3. The second-order valence-corrected chi connectivity index (χ2v) is 9.75. The van der Waals surface area contributed by atoms with Gasteiger partial charge in [-0.2, -0.15) is 0 Å². The molecule has 1 fully saturated rings. The maximum absolute atomic E-state index is 13.2. The molecule has 1 aliphatic carbocycles. The van der Waals surface area contributed by atoms with Gasteiger partial charge in [-0.3, -0.25) is 4.57 Å². The zero-order valence-electron chi connectivity index (χ0n) is 14.3. The van der Waals surface area contributed by atoms with Crippen LogP contribution in [0.3, 0.4) is 0 Å². The Bertz CT molecular complexity index is 538. The molecule has 0 amide bonds. The Morgan fingerprint density at radius 2 is 1.87 bits per heavy atom. The Morgan fingerprint density at radius 1 is 1.26 bits per heavy atom. The van der Waals surface area contributed by atoms with Gasteiger partial charge in [0.15, 0.2) is 5.85 Å². The number of rotatable bonds is 7. The first kappa shape index (κ1) is 18.5. The van der Waals surface area contributed by atoms with Crippen LogP contribution in [0.15, 0.2) is 24.3 Å².